The maximum absolute atomic E-state index is 8.88. The number of hydrogen-bond donors (Lipinski definition) is 3. The first kappa shape index (κ1) is 19.2. The number of phosphoric acid groups is 1. The first-order valence-corrected chi connectivity index (χ1v) is 5.59. The fourth-order valence-corrected chi connectivity index (χ4v) is 0.708. The van der Waals surface area contributed by atoms with Crippen molar-refractivity contribution in [3.05, 3.63) is 0 Å². The van der Waals surface area contributed by atoms with E-state index in [2.05, 4.69) is 19.9 Å². The highest BCUT2D eigenvalue weighted by molar-refractivity contribution is 7.45. The second kappa shape index (κ2) is 10.6. The summed E-state index contributed by atoms with van der Waals surface area (Å²) in [6.07, 6.45) is 3.20. The lowest BCUT2D eigenvalue weighted by Crippen LogP contribution is -1.91. The van der Waals surface area contributed by atoms with Crippen molar-refractivity contribution in [2.75, 3.05) is 0 Å². The molecule has 7 heteroatoms. The van der Waals surface area contributed by atoms with Crippen LogP contribution in [0.3, 0.4) is 0 Å². The SMILES string of the molecule is CCCC(C#N)CC.O.O=P(O)(O)O. The fraction of sp³-hybridized carbons (Fsp3) is 0.857. The molecule has 0 aromatic rings. The van der Waals surface area contributed by atoms with Crippen LogP contribution in [0.2, 0.25) is 0 Å². The summed E-state index contributed by atoms with van der Waals surface area (Å²) in [6, 6.07) is 2.25. The van der Waals surface area contributed by atoms with Gasteiger partial charge in [0, 0.05) is 5.92 Å². The zero-order chi connectivity index (χ0) is 10.9. The van der Waals surface area contributed by atoms with Crippen LogP contribution in [0.4, 0.5) is 0 Å². The second-order valence-corrected chi connectivity index (χ2v) is 3.56. The Morgan fingerprint density at radius 2 is 1.71 bits per heavy atom. The Bertz CT molecular complexity index is 188. The Kier molecular flexibility index (Phi) is 14.6. The zero-order valence-corrected chi connectivity index (χ0v) is 9.24. The van der Waals surface area contributed by atoms with Crippen molar-refractivity contribution in [2.24, 2.45) is 5.92 Å². The summed E-state index contributed by atoms with van der Waals surface area (Å²) in [7, 11) is -4.64. The third kappa shape index (κ3) is 30.0. The lowest BCUT2D eigenvalue weighted by Gasteiger charge is -1.99. The van der Waals surface area contributed by atoms with E-state index in [1.54, 1.807) is 0 Å². The molecule has 1 unspecified atom stereocenters. The van der Waals surface area contributed by atoms with E-state index in [0.717, 1.165) is 19.3 Å². The molecule has 0 aliphatic rings. The van der Waals surface area contributed by atoms with Gasteiger partial charge < -0.3 is 20.2 Å². The average molecular weight is 227 g/mol. The standard InChI is InChI=1S/C7H13N.H3O4P.H2O/c1-3-5-7(4-2)6-8;1-5(2,3)4;/h7H,3-5H2,1-2H3;(H3,1,2,3,4);1H2. The molecular formula is C7H18NO5P. The van der Waals surface area contributed by atoms with Gasteiger partial charge in [-0.15, -0.1) is 0 Å². The number of rotatable bonds is 3. The van der Waals surface area contributed by atoms with Gasteiger partial charge in [-0.25, -0.2) is 4.57 Å². The Balaban J connectivity index is -0.000000177. The van der Waals surface area contributed by atoms with Crippen molar-refractivity contribution in [3.8, 4) is 6.07 Å². The van der Waals surface area contributed by atoms with Crippen LogP contribution >= 0.6 is 7.82 Å². The minimum absolute atomic E-state index is 0. The quantitative estimate of drug-likeness (QED) is 0.606. The van der Waals surface area contributed by atoms with Crippen LogP contribution in [0.5, 0.6) is 0 Å². The van der Waals surface area contributed by atoms with Crippen LogP contribution in [0.25, 0.3) is 0 Å². The monoisotopic (exact) mass is 227 g/mol. The molecule has 0 saturated heterocycles. The van der Waals surface area contributed by atoms with Gasteiger partial charge in [-0.3, -0.25) is 0 Å². The summed E-state index contributed by atoms with van der Waals surface area (Å²) in [4.78, 5) is 21.6. The Hall–Kier alpha value is -0.440. The van der Waals surface area contributed by atoms with Crippen molar-refractivity contribution in [1.82, 2.24) is 0 Å². The zero-order valence-electron chi connectivity index (χ0n) is 8.34. The van der Waals surface area contributed by atoms with E-state index in [0.29, 0.717) is 5.92 Å². The van der Waals surface area contributed by atoms with Crippen LogP contribution < -0.4 is 0 Å². The molecule has 0 spiro atoms. The van der Waals surface area contributed by atoms with E-state index in [1.807, 2.05) is 0 Å². The highest BCUT2D eigenvalue weighted by Crippen LogP contribution is 2.25. The summed E-state index contributed by atoms with van der Waals surface area (Å²) in [5.41, 5.74) is 0. The fourth-order valence-electron chi connectivity index (χ4n) is 0.708. The summed E-state index contributed by atoms with van der Waals surface area (Å²) < 4.78 is 8.88. The van der Waals surface area contributed by atoms with Gasteiger partial charge in [-0.1, -0.05) is 20.3 Å². The number of nitrogens with zero attached hydrogens (tertiary/aromatic N) is 1. The minimum atomic E-state index is -4.64. The lowest BCUT2D eigenvalue weighted by molar-refractivity contribution is 0.275. The molecule has 0 heterocycles. The molecule has 0 bridgehead atoms. The summed E-state index contributed by atoms with van der Waals surface area (Å²) >= 11 is 0. The summed E-state index contributed by atoms with van der Waals surface area (Å²) in [5, 5.41) is 8.41. The van der Waals surface area contributed by atoms with Crippen molar-refractivity contribution in [3.63, 3.8) is 0 Å². The van der Waals surface area contributed by atoms with Gasteiger partial charge in [0.05, 0.1) is 6.07 Å². The largest absolute Gasteiger partial charge is 0.466 e. The lowest BCUT2D eigenvalue weighted by atomic mass is 10.0. The molecule has 14 heavy (non-hydrogen) atoms. The van der Waals surface area contributed by atoms with Gasteiger partial charge in [0.15, 0.2) is 0 Å². The molecule has 0 amide bonds. The maximum Gasteiger partial charge on any atom is 0.466 e. The molecule has 0 radical (unpaired) electrons. The van der Waals surface area contributed by atoms with Crippen LogP contribution in [0.1, 0.15) is 33.1 Å². The molecule has 0 aromatic carbocycles. The van der Waals surface area contributed by atoms with E-state index in [4.69, 9.17) is 24.5 Å². The van der Waals surface area contributed by atoms with Gasteiger partial charge in [0.2, 0.25) is 0 Å². The first-order valence-electron chi connectivity index (χ1n) is 4.03. The Labute approximate surface area is 83.7 Å². The average Bonchev–Trinajstić information content (AvgIpc) is 1.97. The predicted molar refractivity (Wildman–Crippen MR) is 52.2 cm³/mol. The summed E-state index contributed by atoms with van der Waals surface area (Å²) in [5.74, 6) is 0.306. The molecule has 0 fully saturated rings. The van der Waals surface area contributed by atoms with Crippen LogP contribution in [0.15, 0.2) is 0 Å². The van der Waals surface area contributed by atoms with Gasteiger partial charge in [-0.2, -0.15) is 5.26 Å². The van der Waals surface area contributed by atoms with Crippen molar-refractivity contribution in [1.29, 1.82) is 5.26 Å². The molecular weight excluding hydrogens is 209 g/mol. The number of hydrogen-bond acceptors (Lipinski definition) is 2. The molecule has 0 aromatic heterocycles. The molecule has 0 rings (SSSR count). The van der Waals surface area contributed by atoms with Gasteiger partial charge in [0.1, 0.15) is 0 Å². The topological polar surface area (TPSA) is 133 Å². The third-order valence-corrected chi connectivity index (χ3v) is 1.31. The van der Waals surface area contributed by atoms with E-state index >= 15 is 0 Å². The third-order valence-electron chi connectivity index (χ3n) is 1.31. The highest BCUT2D eigenvalue weighted by atomic mass is 31.2. The summed E-state index contributed by atoms with van der Waals surface area (Å²) in [6.45, 7) is 4.17. The molecule has 0 aliphatic carbocycles. The molecule has 5 N–H and O–H groups in total. The molecule has 86 valence electrons. The first-order chi connectivity index (χ1) is 5.85. The van der Waals surface area contributed by atoms with E-state index < -0.39 is 7.82 Å². The second-order valence-electron chi connectivity index (χ2n) is 2.54. The molecule has 0 aliphatic heterocycles. The van der Waals surface area contributed by atoms with Gasteiger partial charge in [-0.05, 0) is 12.8 Å². The highest BCUT2D eigenvalue weighted by Gasteiger charge is 2.00. The van der Waals surface area contributed by atoms with Crippen LogP contribution in [0, 0.1) is 17.2 Å². The number of nitriles is 1. The van der Waals surface area contributed by atoms with Crippen molar-refractivity contribution < 1.29 is 24.7 Å². The smallest absolute Gasteiger partial charge is 0.412 e. The molecule has 6 nitrogen and oxygen atoms in total. The molecule has 0 saturated carbocycles. The van der Waals surface area contributed by atoms with Gasteiger partial charge >= 0.3 is 7.82 Å². The minimum Gasteiger partial charge on any atom is -0.412 e. The van der Waals surface area contributed by atoms with Gasteiger partial charge in [0.25, 0.3) is 0 Å². The Morgan fingerprint density at radius 1 is 1.36 bits per heavy atom. The van der Waals surface area contributed by atoms with E-state index in [9.17, 15) is 0 Å². The maximum atomic E-state index is 8.88. The Morgan fingerprint density at radius 3 is 1.79 bits per heavy atom. The van der Waals surface area contributed by atoms with Crippen molar-refractivity contribution in [2.45, 2.75) is 33.1 Å². The normalized spacial score (nSPS) is 11.4. The van der Waals surface area contributed by atoms with E-state index in [1.165, 1.54) is 0 Å². The van der Waals surface area contributed by atoms with E-state index in [-0.39, 0.29) is 5.48 Å². The van der Waals surface area contributed by atoms with Crippen LogP contribution in [-0.2, 0) is 4.57 Å². The van der Waals surface area contributed by atoms with Crippen LogP contribution in [-0.4, -0.2) is 20.2 Å². The molecule has 1 atom stereocenters. The van der Waals surface area contributed by atoms with Crippen molar-refractivity contribution >= 4 is 7.82 Å². The predicted octanol–water partition coefficient (Wildman–Crippen LogP) is 0.583.